The van der Waals surface area contributed by atoms with Gasteiger partial charge in [0.05, 0.1) is 29.3 Å². The summed E-state index contributed by atoms with van der Waals surface area (Å²) < 4.78 is 0. The van der Waals surface area contributed by atoms with Crippen molar-refractivity contribution in [2.45, 2.75) is 6.92 Å². The molecule has 2 aromatic rings. The Bertz CT molecular complexity index is 519. The second-order valence-electron chi connectivity index (χ2n) is 3.33. The fraction of sp³-hybridized carbons (Fsp3) is 0.100. The van der Waals surface area contributed by atoms with Gasteiger partial charge in [-0.1, -0.05) is 0 Å². The Morgan fingerprint density at radius 1 is 1.50 bits per heavy atom. The number of amides is 1. The molecule has 0 aromatic carbocycles. The summed E-state index contributed by atoms with van der Waals surface area (Å²) in [5.41, 5.74) is 7.84. The molecule has 4 N–H and O–H groups in total. The van der Waals surface area contributed by atoms with E-state index in [0.29, 0.717) is 22.6 Å². The molecule has 16 heavy (non-hydrogen) atoms. The molecule has 2 rings (SSSR count). The maximum atomic E-state index is 11.8. The summed E-state index contributed by atoms with van der Waals surface area (Å²) in [6, 6.07) is 1.64. The number of aromatic nitrogens is 3. The zero-order valence-electron chi connectivity index (χ0n) is 8.69. The lowest BCUT2D eigenvalue weighted by atomic mass is 10.2. The van der Waals surface area contributed by atoms with E-state index in [1.807, 2.05) is 0 Å². The minimum absolute atomic E-state index is 0.246. The predicted molar refractivity (Wildman–Crippen MR) is 59.9 cm³/mol. The van der Waals surface area contributed by atoms with E-state index in [1.165, 1.54) is 12.4 Å². The van der Waals surface area contributed by atoms with E-state index in [2.05, 4.69) is 20.5 Å². The van der Waals surface area contributed by atoms with Crippen molar-refractivity contribution in [3.63, 3.8) is 0 Å². The van der Waals surface area contributed by atoms with Gasteiger partial charge in [-0.25, -0.2) is 0 Å². The molecule has 0 atom stereocenters. The van der Waals surface area contributed by atoms with E-state index in [9.17, 15) is 4.79 Å². The zero-order valence-corrected chi connectivity index (χ0v) is 8.69. The van der Waals surface area contributed by atoms with Gasteiger partial charge in [-0.15, -0.1) is 0 Å². The number of nitrogens with zero attached hydrogens (tertiary/aromatic N) is 2. The summed E-state index contributed by atoms with van der Waals surface area (Å²) in [5, 5.41) is 9.16. The molecule has 0 aliphatic carbocycles. The topological polar surface area (TPSA) is 96.7 Å². The monoisotopic (exact) mass is 217 g/mol. The number of pyridine rings is 1. The summed E-state index contributed by atoms with van der Waals surface area (Å²) in [6.45, 7) is 1.78. The predicted octanol–water partition coefficient (Wildman–Crippen LogP) is 0.948. The van der Waals surface area contributed by atoms with Crippen molar-refractivity contribution in [3.05, 3.63) is 35.9 Å². The number of nitrogen functional groups attached to an aromatic ring is 1. The molecule has 2 aromatic heterocycles. The second kappa shape index (κ2) is 4.01. The SMILES string of the molecule is Cc1[nH]ncc1C(=O)Nc1ccncc1N. The smallest absolute Gasteiger partial charge is 0.259 e. The van der Waals surface area contributed by atoms with Gasteiger partial charge in [-0.3, -0.25) is 14.9 Å². The molecule has 0 radical (unpaired) electrons. The van der Waals surface area contributed by atoms with Crippen LogP contribution in [0.15, 0.2) is 24.7 Å². The first-order chi connectivity index (χ1) is 7.68. The lowest BCUT2D eigenvalue weighted by molar-refractivity contribution is 0.102. The van der Waals surface area contributed by atoms with E-state index in [1.54, 1.807) is 19.2 Å². The normalized spacial score (nSPS) is 10.1. The van der Waals surface area contributed by atoms with Crippen LogP contribution >= 0.6 is 0 Å². The van der Waals surface area contributed by atoms with Crippen LogP contribution < -0.4 is 11.1 Å². The third kappa shape index (κ3) is 1.85. The van der Waals surface area contributed by atoms with Gasteiger partial charge in [-0.05, 0) is 13.0 Å². The van der Waals surface area contributed by atoms with Gasteiger partial charge in [-0.2, -0.15) is 5.10 Å². The summed E-state index contributed by atoms with van der Waals surface area (Å²) in [6.07, 6.45) is 4.52. The van der Waals surface area contributed by atoms with E-state index >= 15 is 0 Å². The number of nitrogens with two attached hydrogens (primary N) is 1. The lowest BCUT2D eigenvalue weighted by Gasteiger charge is -2.06. The van der Waals surface area contributed by atoms with Crippen LogP contribution in [-0.4, -0.2) is 21.1 Å². The largest absolute Gasteiger partial charge is 0.396 e. The van der Waals surface area contributed by atoms with Crippen LogP contribution in [0.4, 0.5) is 11.4 Å². The molecule has 0 bridgehead atoms. The average molecular weight is 217 g/mol. The van der Waals surface area contributed by atoms with Crippen molar-refractivity contribution >= 4 is 17.3 Å². The van der Waals surface area contributed by atoms with Gasteiger partial charge < -0.3 is 11.1 Å². The first-order valence-corrected chi connectivity index (χ1v) is 4.69. The Hall–Kier alpha value is -2.37. The van der Waals surface area contributed by atoms with Gasteiger partial charge in [0.2, 0.25) is 0 Å². The fourth-order valence-electron chi connectivity index (χ4n) is 1.29. The van der Waals surface area contributed by atoms with Crippen LogP contribution in [-0.2, 0) is 0 Å². The molecular weight excluding hydrogens is 206 g/mol. The number of carbonyl (C=O) groups excluding carboxylic acids is 1. The Kier molecular flexibility index (Phi) is 2.55. The Morgan fingerprint density at radius 2 is 2.31 bits per heavy atom. The molecule has 0 aliphatic rings. The number of hydrogen-bond acceptors (Lipinski definition) is 4. The van der Waals surface area contributed by atoms with Crippen molar-refractivity contribution in [1.29, 1.82) is 0 Å². The highest BCUT2D eigenvalue weighted by atomic mass is 16.1. The van der Waals surface area contributed by atoms with Gasteiger partial charge in [0.25, 0.3) is 5.91 Å². The molecule has 0 fully saturated rings. The third-order valence-corrected chi connectivity index (χ3v) is 2.17. The highest BCUT2D eigenvalue weighted by Gasteiger charge is 2.11. The molecule has 0 spiro atoms. The van der Waals surface area contributed by atoms with Crippen molar-refractivity contribution in [2.24, 2.45) is 0 Å². The first-order valence-electron chi connectivity index (χ1n) is 4.69. The highest BCUT2D eigenvalue weighted by Crippen LogP contribution is 2.16. The maximum absolute atomic E-state index is 11.8. The number of anilines is 2. The van der Waals surface area contributed by atoms with Crippen LogP contribution in [0.2, 0.25) is 0 Å². The Labute approximate surface area is 91.9 Å². The minimum Gasteiger partial charge on any atom is -0.396 e. The summed E-state index contributed by atoms with van der Waals surface area (Å²) in [7, 11) is 0. The number of rotatable bonds is 2. The van der Waals surface area contributed by atoms with Gasteiger partial charge in [0.15, 0.2) is 0 Å². The second-order valence-corrected chi connectivity index (χ2v) is 3.33. The lowest BCUT2D eigenvalue weighted by Crippen LogP contribution is -2.13. The van der Waals surface area contributed by atoms with E-state index in [4.69, 9.17) is 5.73 Å². The molecule has 0 saturated carbocycles. The van der Waals surface area contributed by atoms with Crippen LogP contribution in [0.3, 0.4) is 0 Å². The molecular formula is C10H11N5O. The van der Waals surface area contributed by atoms with Crippen LogP contribution in [0, 0.1) is 6.92 Å². The Balaban J connectivity index is 2.21. The van der Waals surface area contributed by atoms with E-state index < -0.39 is 0 Å². The molecule has 2 heterocycles. The number of nitrogens with one attached hydrogen (secondary N) is 2. The quantitative estimate of drug-likeness (QED) is 0.697. The zero-order chi connectivity index (χ0) is 11.5. The number of H-pyrrole nitrogens is 1. The number of carbonyl (C=O) groups is 1. The molecule has 0 unspecified atom stereocenters. The van der Waals surface area contributed by atoms with E-state index in [0.717, 1.165) is 0 Å². The fourth-order valence-corrected chi connectivity index (χ4v) is 1.29. The average Bonchev–Trinajstić information content (AvgIpc) is 2.68. The molecule has 0 aliphatic heterocycles. The first kappa shape index (κ1) is 10.2. The van der Waals surface area contributed by atoms with Gasteiger partial charge in [0.1, 0.15) is 0 Å². The molecule has 6 heteroatoms. The minimum atomic E-state index is -0.246. The van der Waals surface area contributed by atoms with Crippen molar-refractivity contribution in [1.82, 2.24) is 15.2 Å². The summed E-state index contributed by atoms with van der Waals surface area (Å²) in [4.78, 5) is 15.6. The number of hydrogen-bond donors (Lipinski definition) is 3. The molecule has 6 nitrogen and oxygen atoms in total. The molecule has 1 amide bonds. The van der Waals surface area contributed by atoms with Crippen molar-refractivity contribution < 1.29 is 4.79 Å². The standard InChI is InChI=1S/C10H11N5O/c1-6-7(4-13-15-6)10(16)14-9-2-3-12-5-8(9)11/h2-5H,11H2,1H3,(H,13,15)(H,12,14,16). The Morgan fingerprint density at radius 3 is 2.94 bits per heavy atom. The summed E-state index contributed by atoms with van der Waals surface area (Å²) in [5.74, 6) is -0.246. The van der Waals surface area contributed by atoms with Gasteiger partial charge >= 0.3 is 0 Å². The number of aromatic amines is 1. The van der Waals surface area contributed by atoms with Crippen molar-refractivity contribution in [2.75, 3.05) is 11.1 Å². The van der Waals surface area contributed by atoms with Crippen molar-refractivity contribution in [3.8, 4) is 0 Å². The van der Waals surface area contributed by atoms with Crippen LogP contribution in [0.25, 0.3) is 0 Å². The molecule has 82 valence electrons. The maximum Gasteiger partial charge on any atom is 0.259 e. The number of aryl methyl sites for hydroxylation is 1. The van der Waals surface area contributed by atoms with E-state index in [-0.39, 0.29) is 5.91 Å². The van der Waals surface area contributed by atoms with Crippen LogP contribution in [0.1, 0.15) is 16.1 Å². The summed E-state index contributed by atoms with van der Waals surface area (Å²) >= 11 is 0. The highest BCUT2D eigenvalue weighted by molar-refractivity contribution is 6.06. The van der Waals surface area contributed by atoms with Gasteiger partial charge in [0, 0.05) is 11.9 Å². The third-order valence-electron chi connectivity index (χ3n) is 2.17. The molecule has 0 saturated heterocycles. The van der Waals surface area contributed by atoms with Crippen LogP contribution in [0.5, 0.6) is 0 Å².